The first-order valence-electron chi connectivity index (χ1n) is 5.74. The summed E-state index contributed by atoms with van der Waals surface area (Å²) in [6.07, 6.45) is 1.10. The molecule has 5 nitrogen and oxygen atoms in total. The monoisotopic (exact) mass is 253 g/mol. The fourth-order valence-corrected chi connectivity index (χ4v) is 1.84. The minimum atomic E-state index is -0.848. The molecule has 0 spiro atoms. The van der Waals surface area contributed by atoms with Crippen LogP contribution in [0.25, 0.3) is 0 Å². The molecule has 0 heterocycles. The van der Waals surface area contributed by atoms with Crippen LogP contribution < -0.4 is 14.8 Å². The molecule has 0 saturated carbocycles. The lowest BCUT2D eigenvalue weighted by atomic mass is 10.0. The van der Waals surface area contributed by atoms with Gasteiger partial charge in [0.2, 0.25) is 0 Å². The molecule has 1 aromatic carbocycles. The van der Waals surface area contributed by atoms with E-state index in [-0.39, 0.29) is 0 Å². The standard InChI is InChI=1S/C13H19NO4/c1-14-10(13(15)16)8-7-9-5-4-6-11(17-2)12(9)18-3/h4-6,10,14H,7-8H2,1-3H3,(H,15,16). The maximum Gasteiger partial charge on any atom is 0.320 e. The minimum Gasteiger partial charge on any atom is -0.493 e. The van der Waals surface area contributed by atoms with E-state index >= 15 is 0 Å². The summed E-state index contributed by atoms with van der Waals surface area (Å²) in [6, 6.07) is 5.04. The number of carboxylic acids is 1. The van der Waals surface area contributed by atoms with Gasteiger partial charge in [-0.3, -0.25) is 4.79 Å². The molecule has 5 heteroatoms. The van der Waals surface area contributed by atoms with Gasteiger partial charge >= 0.3 is 5.97 Å². The van der Waals surface area contributed by atoms with E-state index in [0.717, 1.165) is 5.56 Å². The highest BCUT2D eigenvalue weighted by molar-refractivity contribution is 5.73. The molecule has 0 fully saturated rings. The normalized spacial score (nSPS) is 11.9. The van der Waals surface area contributed by atoms with E-state index in [1.807, 2.05) is 18.2 Å². The third-order valence-corrected chi connectivity index (χ3v) is 2.83. The minimum absolute atomic E-state index is 0.495. The Kier molecular flexibility index (Phi) is 5.45. The van der Waals surface area contributed by atoms with Gasteiger partial charge in [-0.15, -0.1) is 0 Å². The first-order valence-corrected chi connectivity index (χ1v) is 5.74. The molecular formula is C13H19NO4. The Balaban J connectivity index is 2.81. The fraction of sp³-hybridized carbons (Fsp3) is 0.462. The maximum atomic E-state index is 10.9. The van der Waals surface area contributed by atoms with E-state index in [9.17, 15) is 4.79 Å². The molecule has 1 unspecified atom stereocenters. The van der Waals surface area contributed by atoms with Gasteiger partial charge in [0.05, 0.1) is 14.2 Å². The van der Waals surface area contributed by atoms with Gasteiger partial charge < -0.3 is 19.9 Å². The second-order valence-corrected chi connectivity index (χ2v) is 3.87. The highest BCUT2D eigenvalue weighted by atomic mass is 16.5. The molecule has 0 aliphatic carbocycles. The molecule has 0 amide bonds. The Morgan fingerprint density at radius 2 is 2.11 bits per heavy atom. The van der Waals surface area contributed by atoms with Gasteiger partial charge in [-0.1, -0.05) is 12.1 Å². The molecule has 0 saturated heterocycles. The summed E-state index contributed by atoms with van der Waals surface area (Å²) < 4.78 is 10.5. The van der Waals surface area contributed by atoms with Gasteiger partial charge in [0.25, 0.3) is 0 Å². The zero-order chi connectivity index (χ0) is 13.5. The summed E-state index contributed by atoms with van der Waals surface area (Å²) in [7, 11) is 4.80. The summed E-state index contributed by atoms with van der Waals surface area (Å²) in [6.45, 7) is 0. The quantitative estimate of drug-likeness (QED) is 0.767. The van der Waals surface area contributed by atoms with Gasteiger partial charge in [0.15, 0.2) is 11.5 Å². The molecule has 1 rings (SSSR count). The molecule has 0 aliphatic rings. The molecule has 0 aromatic heterocycles. The largest absolute Gasteiger partial charge is 0.493 e. The number of hydrogen-bond acceptors (Lipinski definition) is 4. The van der Waals surface area contributed by atoms with Crippen molar-refractivity contribution in [2.45, 2.75) is 18.9 Å². The number of aliphatic carboxylic acids is 1. The van der Waals surface area contributed by atoms with Crippen molar-refractivity contribution in [1.82, 2.24) is 5.32 Å². The highest BCUT2D eigenvalue weighted by Gasteiger charge is 2.16. The topological polar surface area (TPSA) is 67.8 Å². The number of ether oxygens (including phenoxy) is 2. The second kappa shape index (κ2) is 6.86. The molecule has 1 aromatic rings. The van der Waals surface area contributed by atoms with Crippen molar-refractivity contribution in [2.24, 2.45) is 0 Å². The molecule has 0 bridgehead atoms. The Bertz CT molecular complexity index is 406. The van der Waals surface area contributed by atoms with Crippen LogP contribution >= 0.6 is 0 Å². The van der Waals surface area contributed by atoms with Gasteiger partial charge in [-0.25, -0.2) is 0 Å². The van der Waals surface area contributed by atoms with Crippen LogP contribution in [0.1, 0.15) is 12.0 Å². The Morgan fingerprint density at radius 3 is 2.61 bits per heavy atom. The zero-order valence-corrected chi connectivity index (χ0v) is 10.9. The number of benzene rings is 1. The average Bonchev–Trinajstić information content (AvgIpc) is 2.38. The van der Waals surface area contributed by atoms with Crippen LogP contribution in [0, 0.1) is 0 Å². The number of carboxylic acid groups (broad SMARTS) is 1. The summed E-state index contributed by atoms with van der Waals surface area (Å²) in [4.78, 5) is 10.9. The number of likely N-dealkylation sites (N-methyl/N-ethyl adjacent to an activating group) is 1. The van der Waals surface area contributed by atoms with Crippen molar-refractivity contribution in [3.63, 3.8) is 0 Å². The van der Waals surface area contributed by atoms with Gasteiger partial charge in [0, 0.05) is 0 Å². The van der Waals surface area contributed by atoms with Crippen LogP contribution in [0.15, 0.2) is 18.2 Å². The lowest BCUT2D eigenvalue weighted by Crippen LogP contribution is -2.34. The number of hydrogen-bond donors (Lipinski definition) is 2. The third-order valence-electron chi connectivity index (χ3n) is 2.83. The molecule has 18 heavy (non-hydrogen) atoms. The van der Waals surface area contributed by atoms with Crippen LogP contribution in [0.4, 0.5) is 0 Å². The highest BCUT2D eigenvalue weighted by Crippen LogP contribution is 2.31. The van der Waals surface area contributed by atoms with Crippen molar-refractivity contribution in [1.29, 1.82) is 0 Å². The third kappa shape index (κ3) is 3.37. The van der Waals surface area contributed by atoms with Gasteiger partial charge in [-0.05, 0) is 31.5 Å². The van der Waals surface area contributed by atoms with E-state index in [1.54, 1.807) is 21.3 Å². The molecule has 0 aliphatic heterocycles. The SMILES string of the molecule is CNC(CCc1cccc(OC)c1OC)C(=O)O. The first-order chi connectivity index (χ1) is 8.63. The van der Waals surface area contributed by atoms with Crippen LogP contribution in [0.5, 0.6) is 11.5 Å². The smallest absolute Gasteiger partial charge is 0.320 e. The fourth-order valence-electron chi connectivity index (χ4n) is 1.84. The summed E-state index contributed by atoms with van der Waals surface area (Å²) >= 11 is 0. The predicted octanol–water partition coefficient (Wildman–Crippen LogP) is 1.31. The van der Waals surface area contributed by atoms with E-state index in [0.29, 0.717) is 24.3 Å². The molecule has 1 atom stereocenters. The summed E-state index contributed by atoms with van der Waals surface area (Å²) in [5.74, 6) is 0.478. The van der Waals surface area contributed by atoms with E-state index in [2.05, 4.69) is 5.32 Å². The Morgan fingerprint density at radius 1 is 1.39 bits per heavy atom. The van der Waals surface area contributed by atoms with Crippen molar-refractivity contribution < 1.29 is 19.4 Å². The molecule has 0 radical (unpaired) electrons. The summed E-state index contributed by atoms with van der Waals surface area (Å²) in [5.41, 5.74) is 0.943. The molecule has 100 valence electrons. The predicted molar refractivity (Wildman–Crippen MR) is 68.4 cm³/mol. The van der Waals surface area contributed by atoms with Crippen molar-refractivity contribution in [2.75, 3.05) is 21.3 Å². The van der Waals surface area contributed by atoms with Crippen molar-refractivity contribution >= 4 is 5.97 Å². The van der Waals surface area contributed by atoms with Crippen LogP contribution in [0.2, 0.25) is 0 Å². The summed E-state index contributed by atoms with van der Waals surface area (Å²) in [5, 5.41) is 11.7. The number of para-hydroxylation sites is 1. The van der Waals surface area contributed by atoms with E-state index in [1.165, 1.54) is 0 Å². The Labute approximate surface area is 107 Å². The van der Waals surface area contributed by atoms with Crippen molar-refractivity contribution in [3.8, 4) is 11.5 Å². The number of nitrogens with one attached hydrogen (secondary N) is 1. The van der Waals surface area contributed by atoms with Crippen molar-refractivity contribution in [3.05, 3.63) is 23.8 Å². The molecule has 2 N–H and O–H groups in total. The van der Waals surface area contributed by atoms with E-state index in [4.69, 9.17) is 14.6 Å². The van der Waals surface area contributed by atoms with E-state index < -0.39 is 12.0 Å². The van der Waals surface area contributed by atoms with Gasteiger partial charge in [-0.2, -0.15) is 0 Å². The lowest BCUT2D eigenvalue weighted by Gasteiger charge is -2.14. The van der Waals surface area contributed by atoms with Gasteiger partial charge in [0.1, 0.15) is 6.04 Å². The lowest BCUT2D eigenvalue weighted by molar-refractivity contribution is -0.139. The zero-order valence-electron chi connectivity index (χ0n) is 10.9. The number of aryl methyl sites for hydroxylation is 1. The van der Waals surface area contributed by atoms with Crippen LogP contribution in [0.3, 0.4) is 0 Å². The average molecular weight is 253 g/mol. The van der Waals surface area contributed by atoms with Crippen LogP contribution in [-0.4, -0.2) is 38.4 Å². The number of carbonyl (C=O) groups is 1. The number of rotatable bonds is 7. The first kappa shape index (κ1) is 14.3. The Hall–Kier alpha value is -1.75. The molecular weight excluding hydrogens is 234 g/mol. The maximum absolute atomic E-state index is 10.9. The van der Waals surface area contributed by atoms with Crippen LogP contribution in [-0.2, 0) is 11.2 Å². The number of methoxy groups -OCH3 is 2. The second-order valence-electron chi connectivity index (χ2n) is 3.87.